The summed E-state index contributed by atoms with van der Waals surface area (Å²) in [6.45, 7) is 0.0685. The number of nitrogens with one attached hydrogen (secondary N) is 1. The highest BCUT2D eigenvalue weighted by Gasteiger charge is 2.17. The minimum Gasteiger partial charge on any atom is -0.476 e. The Kier molecular flexibility index (Phi) is 4.83. The quantitative estimate of drug-likeness (QED) is 0.877. The molecule has 0 atom stereocenters. The number of carbonyl (C=O) groups is 2. The Labute approximate surface area is 128 Å². The van der Waals surface area contributed by atoms with E-state index in [1.54, 1.807) is 12.1 Å². The van der Waals surface area contributed by atoms with E-state index in [0.29, 0.717) is 0 Å². The van der Waals surface area contributed by atoms with Gasteiger partial charge in [-0.05, 0) is 21.5 Å². The zero-order valence-electron chi connectivity index (χ0n) is 10.6. The van der Waals surface area contributed by atoms with E-state index >= 15 is 0 Å². The van der Waals surface area contributed by atoms with Gasteiger partial charge in [-0.1, -0.05) is 30.3 Å². The Hall–Kier alpha value is -2.48. The molecule has 108 valence electrons. The van der Waals surface area contributed by atoms with E-state index in [1.165, 1.54) is 6.20 Å². The average molecular weight is 352 g/mol. The number of aromatic nitrogens is 2. The summed E-state index contributed by atoms with van der Waals surface area (Å²) in [6.07, 6.45) is 0.470. The highest BCUT2D eigenvalue weighted by molar-refractivity contribution is 9.10. The van der Waals surface area contributed by atoms with Crippen molar-refractivity contribution < 1.29 is 19.4 Å². The molecule has 0 radical (unpaired) electrons. The van der Waals surface area contributed by atoms with Crippen LogP contribution in [0.3, 0.4) is 0 Å². The van der Waals surface area contributed by atoms with Crippen molar-refractivity contribution in [1.29, 1.82) is 0 Å². The van der Waals surface area contributed by atoms with Crippen LogP contribution in [-0.4, -0.2) is 27.1 Å². The van der Waals surface area contributed by atoms with Gasteiger partial charge in [-0.3, -0.25) is 5.32 Å². The first-order valence-electron chi connectivity index (χ1n) is 5.80. The highest BCUT2D eigenvalue weighted by atomic mass is 79.9. The van der Waals surface area contributed by atoms with Gasteiger partial charge in [-0.2, -0.15) is 0 Å². The SMILES string of the molecule is O=C(Nc1ncc(Br)nc1C(=O)O)OCc1ccccc1. The Morgan fingerprint density at radius 2 is 2.00 bits per heavy atom. The van der Waals surface area contributed by atoms with Crippen LogP contribution in [0.15, 0.2) is 41.1 Å². The third-order valence-corrected chi connectivity index (χ3v) is 2.76. The van der Waals surface area contributed by atoms with E-state index in [9.17, 15) is 9.59 Å². The number of amides is 1. The zero-order chi connectivity index (χ0) is 15.2. The number of halogens is 1. The van der Waals surface area contributed by atoms with Crippen LogP contribution in [-0.2, 0) is 11.3 Å². The second-order valence-electron chi connectivity index (χ2n) is 3.88. The van der Waals surface area contributed by atoms with Crippen LogP contribution in [0, 0.1) is 0 Å². The molecule has 0 saturated carbocycles. The number of hydrogen-bond acceptors (Lipinski definition) is 5. The number of rotatable bonds is 4. The van der Waals surface area contributed by atoms with Gasteiger partial charge in [0.05, 0.1) is 6.20 Å². The molecule has 1 aromatic heterocycles. The first-order chi connectivity index (χ1) is 10.1. The summed E-state index contributed by atoms with van der Waals surface area (Å²) in [5.74, 6) is -1.48. The Balaban J connectivity index is 2.01. The van der Waals surface area contributed by atoms with Gasteiger partial charge < -0.3 is 9.84 Å². The normalized spacial score (nSPS) is 9.95. The van der Waals surface area contributed by atoms with Crippen molar-refractivity contribution in [2.75, 3.05) is 5.32 Å². The van der Waals surface area contributed by atoms with Crippen LogP contribution in [0.2, 0.25) is 0 Å². The van der Waals surface area contributed by atoms with Crippen LogP contribution in [0.25, 0.3) is 0 Å². The van der Waals surface area contributed by atoms with Crippen LogP contribution in [0.4, 0.5) is 10.6 Å². The highest BCUT2D eigenvalue weighted by Crippen LogP contribution is 2.14. The van der Waals surface area contributed by atoms with E-state index in [2.05, 4.69) is 31.2 Å². The number of carboxylic acid groups (broad SMARTS) is 1. The van der Waals surface area contributed by atoms with Crippen molar-refractivity contribution in [1.82, 2.24) is 9.97 Å². The number of anilines is 1. The molecule has 7 nitrogen and oxygen atoms in total. The Morgan fingerprint density at radius 1 is 1.29 bits per heavy atom. The van der Waals surface area contributed by atoms with Crippen LogP contribution in [0.5, 0.6) is 0 Å². The van der Waals surface area contributed by atoms with Gasteiger partial charge in [0.15, 0.2) is 11.5 Å². The molecule has 0 saturated heterocycles. The van der Waals surface area contributed by atoms with E-state index in [4.69, 9.17) is 9.84 Å². The van der Waals surface area contributed by atoms with Crippen molar-refractivity contribution in [2.24, 2.45) is 0 Å². The topological polar surface area (TPSA) is 101 Å². The number of carbonyl (C=O) groups excluding carboxylic acids is 1. The lowest BCUT2D eigenvalue weighted by Gasteiger charge is -2.08. The third kappa shape index (κ3) is 4.25. The molecule has 2 rings (SSSR count). The average Bonchev–Trinajstić information content (AvgIpc) is 2.48. The molecule has 1 aromatic carbocycles. The first-order valence-corrected chi connectivity index (χ1v) is 6.59. The number of benzene rings is 1. The van der Waals surface area contributed by atoms with E-state index in [1.807, 2.05) is 18.2 Å². The van der Waals surface area contributed by atoms with Crippen molar-refractivity contribution >= 4 is 33.8 Å². The van der Waals surface area contributed by atoms with Gasteiger partial charge >= 0.3 is 12.1 Å². The predicted molar refractivity (Wildman–Crippen MR) is 76.9 cm³/mol. The van der Waals surface area contributed by atoms with E-state index in [-0.39, 0.29) is 22.7 Å². The summed E-state index contributed by atoms with van der Waals surface area (Å²) in [6, 6.07) is 9.09. The fraction of sp³-hybridized carbons (Fsp3) is 0.0769. The lowest BCUT2D eigenvalue weighted by Crippen LogP contribution is -2.18. The Bertz CT molecular complexity index is 664. The monoisotopic (exact) mass is 351 g/mol. The maximum atomic E-state index is 11.6. The molecule has 1 heterocycles. The van der Waals surface area contributed by atoms with Gasteiger partial charge in [-0.15, -0.1) is 0 Å². The molecule has 1 amide bonds. The molecule has 0 fully saturated rings. The second kappa shape index (κ2) is 6.80. The molecule has 2 N–H and O–H groups in total. The van der Waals surface area contributed by atoms with Crippen LogP contribution < -0.4 is 5.32 Å². The predicted octanol–water partition coefficient (Wildman–Crippen LogP) is 2.69. The fourth-order valence-electron chi connectivity index (χ4n) is 1.46. The summed E-state index contributed by atoms with van der Waals surface area (Å²) in [5.41, 5.74) is 0.439. The maximum Gasteiger partial charge on any atom is 0.413 e. The largest absolute Gasteiger partial charge is 0.476 e. The number of hydrogen-bond donors (Lipinski definition) is 2. The molecular weight excluding hydrogens is 342 g/mol. The van der Waals surface area contributed by atoms with Gasteiger partial charge in [0.2, 0.25) is 0 Å². The summed E-state index contributed by atoms with van der Waals surface area (Å²) in [5, 5.41) is 11.2. The molecule has 2 aromatic rings. The van der Waals surface area contributed by atoms with Crippen molar-refractivity contribution in [3.63, 3.8) is 0 Å². The molecule has 0 bridgehead atoms. The lowest BCUT2D eigenvalue weighted by atomic mass is 10.2. The van der Waals surface area contributed by atoms with Crippen molar-refractivity contribution in [3.8, 4) is 0 Å². The minimum atomic E-state index is -1.30. The number of nitrogens with zero attached hydrogens (tertiary/aromatic N) is 2. The van der Waals surface area contributed by atoms with Gasteiger partial charge in [0.1, 0.15) is 11.2 Å². The zero-order valence-corrected chi connectivity index (χ0v) is 12.2. The molecule has 21 heavy (non-hydrogen) atoms. The first kappa shape index (κ1) is 14.9. The van der Waals surface area contributed by atoms with Crippen molar-refractivity contribution in [3.05, 3.63) is 52.4 Å². The van der Waals surface area contributed by atoms with E-state index in [0.717, 1.165) is 5.56 Å². The lowest BCUT2D eigenvalue weighted by molar-refractivity contribution is 0.0691. The molecule has 0 aliphatic rings. The van der Waals surface area contributed by atoms with Crippen LogP contribution >= 0.6 is 15.9 Å². The number of carboxylic acids is 1. The molecule has 8 heteroatoms. The summed E-state index contributed by atoms with van der Waals surface area (Å²) >= 11 is 3.01. The number of ether oxygens (including phenoxy) is 1. The smallest absolute Gasteiger partial charge is 0.413 e. The molecule has 0 spiro atoms. The third-order valence-electron chi connectivity index (χ3n) is 2.38. The molecule has 0 aliphatic heterocycles. The minimum absolute atomic E-state index is 0.0685. The molecule has 0 aliphatic carbocycles. The second-order valence-corrected chi connectivity index (χ2v) is 4.69. The molecular formula is C13H10BrN3O4. The van der Waals surface area contributed by atoms with Gasteiger partial charge in [-0.25, -0.2) is 19.6 Å². The van der Waals surface area contributed by atoms with Gasteiger partial charge in [0.25, 0.3) is 0 Å². The van der Waals surface area contributed by atoms with E-state index < -0.39 is 12.1 Å². The summed E-state index contributed by atoms with van der Waals surface area (Å²) in [7, 11) is 0. The molecule has 0 unspecified atom stereocenters. The van der Waals surface area contributed by atoms with Gasteiger partial charge in [0, 0.05) is 0 Å². The number of aromatic carboxylic acids is 1. The fourth-order valence-corrected chi connectivity index (χ4v) is 1.74. The summed E-state index contributed by atoms with van der Waals surface area (Å²) < 4.78 is 5.23. The Morgan fingerprint density at radius 3 is 2.67 bits per heavy atom. The maximum absolute atomic E-state index is 11.6. The van der Waals surface area contributed by atoms with Crippen molar-refractivity contribution in [2.45, 2.75) is 6.61 Å². The standard InChI is InChI=1S/C13H10BrN3O4/c14-9-6-15-11(10(16-9)12(18)19)17-13(20)21-7-8-4-2-1-3-5-8/h1-6H,7H2,(H,18,19)(H,15,17,20). The van der Waals surface area contributed by atoms with Crippen LogP contribution in [0.1, 0.15) is 16.1 Å². The summed E-state index contributed by atoms with van der Waals surface area (Å²) in [4.78, 5) is 30.2.